The van der Waals surface area contributed by atoms with E-state index in [1.807, 2.05) is 12.1 Å². The second kappa shape index (κ2) is 15.9. The summed E-state index contributed by atoms with van der Waals surface area (Å²) in [5.74, 6) is -1.35. The Morgan fingerprint density at radius 2 is 0.735 bits per heavy atom. The Labute approximate surface area is 390 Å². The minimum Gasteiger partial charge on any atom is -0.310 e. The lowest BCUT2D eigenvalue weighted by Gasteiger charge is -2.29. The molecule has 0 atom stereocenters. The van der Waals surface area contributed by atoms with Gasteiger partial charge in [0.25, 0.3) is 0 Å². The maximum absolute atomic E-state index is 14.7. The Morgan fingerprint density at radius 3 is 1.24 bits per heavy atom. The molecule has 0 spiro atoms. The number of rotatable bonds is 7. The first-order valence-electron chi connectivity index (χ1n) is 22.7. The molecule has 1 aromatic heterocycles. The van der Waals surface area contributed by atoms with Crippen LogP contribution in [0.1, 0.15) is 0 Å². The molecule has 13 aromatic rings. The van der Waals surface area contributed by atoms with Gasteiger partial charge in [-0.15, -0.1) is 0 Å². The van der Waals surface area contributed by atoms with E-state index in [2.05, 4.69) is 204 Å². The highest BCUT2D eigenvalue weighted by Crippen LogP contribution is 2.47. The third-order valence-corrected chi connectivity index (χ3v) is 13.3. The summed E-state index contributed by atoms with van der Waals surface area (Å²) >= 11 is 0. The predicted octanol–water partition coefficient (Wildman–Crippen LogP) is 17.4. The summed E-state index contributed by atoms with van der Waals surface area (Å²) in [6, 6.07) is 76.4. The highest BCUT2D eigenvalue weighted by Gasteiger charge is 2.23. The Kier molecular flexibility index (Phi) is 9.18. The molecule has 0 fully saturated rings. The third kappa shape index (κ3) is 6.49. The van der Waals surface area contributed by atoms with E-state index in [4.69, 9.17) is 9.97 Å². The first-order chi connectivity index (χ1) is 33.5. The molecule has 0 aliphatic heterocycles. The molecule has 0 aliphatic carbocycles. The first-order valence-corrected chi connectivity index (χ1v) is 22.7. The van der Waals surface area contributed by atoms with Crippen molar-refractivity contribution in [3.05, 3.63) is 242 Å². The van der Waals surface area contributed by atoms with Crippen molar-refractivity contribution in [2.75, 3.05) is 9.80 Å². The van der Waals surface area contributed by atoms with Crippen molar-refractivity contribution in [1.29, 1.82) is 0 Å². The van der Waals surface area contributed by atoms with E-state index in [0.717, 1.165) is 83.3 Å². The zero-order valence-electron chi connectivity index (χ0n) is 36.5. The Hall–Kier alpha value is -9.00. The molecular weight excluding hydrogens is 839 g/mol. The van der Waals surface area contributed by atoms with Gasteiger partial charge in [-0.3, -0.25) is 4.98 Å². The smallest absolute Gasteiger partial charge is 0.126 e. The number of halogens is 2. The molecule has 0 unspecified atom stereocenters. The second-order valence-corrected chi connectivity index (χ2v) is 17.2. The van der Waals surface area contributed by atoms with Gasteiger partial charge in [-0.25, -0.2) is 13.8 Å². The maximum atomic E-state index is 14.7. The van der Waals surface area contributed by atoms with Gasteiger partial charge in [-0.1, -0.05) is 146 Å². The Balaban J connectivity index is 1.12. The molecule has 1 heterocycles. The van der Waals surface area contributed by atoms with Gasteiger partial charge in [-0.05, 0) is 116 Å². The molecule has 13 rings (SSSR count). The quantitative estimate of drug-likeness (QED) is 0.149. The van der Waals surface area contributed by atoms with Crippen LogP contribution in [0.3, 0.4) is 0 Å². The number of anilines is 6. The molecule has 68 heavy (non-hydrogen) atoms. The second-order valence-electron chi connectivity index (χ2n) is 17.2. The summed E-state index contributed by atoms with van der Waals surface area (Å²) in [4.78, 5) is 14.9. The standard InChI is InChI=1S/C62H38F2N4/c63-42-31-41(32-43(64)35-42)58-38-65-61-54-29-27-46(67(44-17-3-1-4-18-44)59-33-39-15-7-9-21-48(39)50-23-11-13-25-52(50)59)36-56(54)57-37-47(28-30-55(57)62(61)66-58)68(45-19-5-2-6-20-45)60-34-40-16-8-10-22-49(40)51-24-12-14-26-53(51)60/h1-38H. The van der Waals surface area contributed by atoms with Gasteiger partial charge in [0.2, 0.25) is 0 Å². The fourth-order valence-corrected chi connectivity index (χ4v) is 10.3. The molecule has 0 saturated carbocycles. The first kappa shape index (κ1) is 39.4. The van der Waals surface area contributed by atoms with Crippen LogP contribution in [0.15, 0.2) is 231 Å². The van der Waals surface area contributed by atoms with Crippen LogP contribution in [0.4, 0.5) is 42.9 Å². The van der Waals surface area contributed by atoms with Crippen molar-refractivity contribution >= 4 is 110 Å². The third-order valence-electron chi connectivity index (χ3n) is 13.3. The van der Waals surface area contributed by atoms with Crippen molar-refractivity contribution in [2.24, 2.45) is 0 Å². The highest BCUT2D eigenvalue weighted by atomic mass is 19.1. The molecule has 0 amide bonds. The Morgan fingerprint density at radius 1 is 0.309 bits per heavy atom. The highest BCUT2D eigenvalue weighted by molar-refractivity contribution is 6.25. The van der Waals surface area contributed by atoms with Gasteiger partial charge >= 0.3 is 0 Å². The van der Waals surface area contributed by atoms with Crippen molar-refractivity contribution in [1.82, 2.24) is 9.97 Å². The van der Waals surface area contributed by atoms with E-state index in [0.29, 0.717) is 22.3 Å². The van der Waals surface area contributed by atoms with Crippen LogP contribution in [0, 0.1) is 11.6 Å². The van der Waals surface area contributed by atoms with Crippen LogP contribution in [0.5, 0.6) is 0 Å². The van der Waals surface area contributed by atoms with Crippen LogP contribution >= 0.6 is 0 Å². The molecule has 0 saturated heterocycles. The molecule has 0 radical (unpaired) electrons. The van der Waals surface area contributed by atoms with Crippen LogP contribution < -0.4 is 9.80 Å². The van der Waals surface area contributed by atoms with Gasteiger partial charge in [-0.2, -0.15) is 0 Å². The van der Waals surface area contributed by atoms with Crippen molar-refractivity contribution in [3.8, 4) is 11.3 Å². The van der Waals surface area contributed by atoms with Crippen LogP contribution in [-0.2, 0) is 0 Å². The number of hydrogen-bond acceptors (Lipinski definition) is 4. The van der Waals surface area contributed by atoms with Crippen molar-refractivity contribution in [3.63, 3.8) is 0 Å². The fraction of sp³-hybridized carbons (Fsp3) is 0. The average Bonchev–Trinajstić information content (AvgIpc) is 3.39. The van der Waals surface area contributed by atoms with E-state index in [1.54, 1.807) is 6.20 Å². The van der Waals surface area contributed by atoms with Gasteiger partial charge in [0.1, 0.15) is 11.6 Å². The summed E-state index contributed by atoms with van der Waals surface area (Å²) in [5.41, 5.74) is 8.07. The number of nitrogens with zero attached hydrogens (tertiary/aromatic N) is 4. The largest absolute Gasteiger partial charge is 0.310 e. The number of benzene rings is 12. The zero-order valence-corrected chi connectivity index (χ0v) is 36.5. The molecule has 320 valence electrons. The monoisotopic (exact) mass is 876 g/mol. The summed E-state index contributed by atoms with van der Waals surface area (Å²) in [7, 11) is 0. The zero-order chi connectivity index (χ0) is 45.3. The van der Waals surface area contributed by atoms with E-state index >= 15 is 0 Å². The van der Waals surface area contributed by atoms with E-state index in [-0.39, 0.29) is 0 Å². The Bertz CT molecular complexity index is 4120. The number of hydrogen-bond donors (Lipinski definition) is 0. The molecule has 4 nitrogen and oxygen atoms in total. The lowest BCUT2D eigenvalue weighted by molar-refractivity contribution is 0.584. The van der Waals surface area contributed by atoms with Crippen LogP contribution in [0.25, 0.3) is 86.9 Å². The molecule has 0 bridgehead atoms. The lowest BCUT2D eigenvalue weighted by atomic mass is 9.96. The summed E-state index contributed by atoms with van der Waals surface area (Å²) in [6.45, 7) is 0. The van der Waals surface area contributed by atoms with Gasteiger partial charge < -0.3 is 9.80 Å². The number of para-hydroxylation sites is 2. The van der Waals surface area contributed by atoms with E-state index < -0.39 is 11.6 Å². The van der Waals surface area contributed by atoms with Gasteiger partial charge in [0, 0.05) is 55.9 Å². The number of aromatic nitrogens is 2. The number of fused-ring (bicyclic) bond motifs is 12. The topological polar surface area (TPSA) is 32.3 Å². The minimum atomic E-state index is -0.674. The fourth-order valence-electron chi connectivity index (χ4n) is 10.3. The maximum Gasteiger partial charge on any atom is 0.126 e. The SMILES string of the molecule is Fc1cc(F)cc(-c2cnc3c4ccc(N(c5ccccc5)c5cc6ccccc6c6ccccc56)cc4c4cc(N(c5ccccc5)c5cc6ccccc6c6ccccc56)ccc4c3n2)c1. The van der Waals surface area contributed by atoms with E-state index in [9.17, 15) is 8.78 Å². The normalized spacial score (nSPS) is 11.7. The molecule has 0 aliphatic rings. The summed E-state index contributed by atoms with van der Waals surface area (Å²) in [5, 5.41) is 13.0. The molecular formula is C62H38F2N4. The van der Waals surface area contributed by atoms with Crippen LogP contribution in [0.2, 0.25) is 0 Å². The summed E-state index contributed by atoms with van der Waals surface area (Å²) < 4.78 is 29.4. The molecule has 6 heteroatoms. The molecule has 12 aromatic carbocycles. The van der Waals surface area contributed by atoms with Gasteiger partial charge in [0.15, 0.2) is 0 Å². The molecule has 0 N–H and O–H groups in total. The van der Waals surface area contributed by atoms with Crippen molar-refractivity contribution in [2.45, 2.75) is 0 Å². The lowest BCUT2D eigenvalue weighted by Crippen LogP contribution is -2.11. The predicted molar refractivity (Wildman–Crippen MR) is 279 cm³/mol. The van der Waals surface area contributed by atoms with Crippen molar-refractivity contribution < 1.29 is 8.78 Å². The van der Waals surface area contributed by atoms with E-state index in [1.165, 1.54) is 33.7 Å². The minimum absolute atomic E-state index is 0.316. The van der Waals surface area contributed by atoms with Crippen LogP contribution in [-0.4, -0.2) is 9.97 Å². The average molecular weight is 877 g/mol. The van der Waals surface area contributed by atoms with Gasteiger partial charge in [0.05, 0.1) is 34.3 Å². The summed E-state index contributed by atoms with van der Waals surface area (Å²) in [6.07, 6.45) is 1.61.